The zero-order chi connectivity index (χ0) is 45.2. The zero-order valence-electron chi connectivity index (χ0n) is 36.1. The van der Waals surface area contributed by atoms with Gasteiger partial charge in [-0.3, -0.25) is 39.5 Å². The molecule has 4 aliphatic rings. The average Bonchev–Trinajstić information content (AvgIpc) is 3.73. The number of anilines is 2. The van der Waals surface area contributed by atoms with E-state index in [4.69, 9.17) is 32.9 Å². The van der Waals surface area contributed by atoms with Gasteiger partial charge in [0.2, 0.25) is 23.6 Å². The van der Waals surface area contributed by atoms with Gasteiger partial charge in [0.25, 0.3) is 0 Å². The molecule has 4 aliphatic heterocycles. The molecule has 65 heavy (non-hydrogen) atoms. The van der Waals surface area contributed by atoms with E-state index in [0.717, 1.165) is 40.8 Å². The molecule has 18 heteroatoms. The molecule has 2 aromatic carbocycles. The predicted octanol–water partition coefficient (Wildman–Crippen LogP) is 6.59. The largest absolute Gasteiger partial charge is 0.486 e. The highest BCUT2D eigenvalue weighted by molar-refractivity contribution is 6.35. The van der Waals surface area contributed by atoms with E-state index in [0.29, 0.717) is 111 Å². The molecular weight excluding hydrogens is 874 g/mol. The lowest BCUT2D eigenvalue weighted by molar-refractivity contribution is -0.141. The lowest BCUT2D eigenvalue weighted by atomic mass is 9.88. The first-order valence-electron chi connectivity index (χ1n) is 22.3. The number of nitrogens with zero attached hydrogens (tertiary/aromatic N) is 7. The van der Waals surface area contributed by atoms with Crippen molar-refractivity contribution in [1.29, 1.82) is 0 Å². The highest BCUT2D eigenvalue weighted by Gasteiger charge is 2.34. The molecule has 0 bridgehead atoms. The summed E-state index contributed by atoms with van der Waals surface area (Å²) in [4.78, 5) is 67.6. The number of carbonyl (C=O) groups is 4. The van der Waals surface area contributed by atoms with Crippen LogP contribution < -0.4 is 20.3 Å². The number of carbonyl (C=O) groups excluding carboxylic acids is 4. The molecule has 2 atom stereocenters. The SMILES string of the molecule is C[C@@H](Oc1ccc2[nH]nc(-c3ccc(N4CCN(C(=O)C5CCN(C(=O)CN6CCC(c7ccc(NC8CCC(=O)NC8=O)cc7F)CC6)CC5)CC4)nc3)c2c1)c1c(Cl)cncc1Cl. The molecular formula is C47H51Cl2FN10O5. The number of fused-ring (bicyclic) bond motifs is 1. The number of piperidine rings is 3. The van der Waals surface area contributed by atoms with Crippen LogP contribution in [0.5, 0.6) is 5.75 Å². The van der Waals surface area contributed by atoms with Crippen LogP contribution in [0.15, 0.2) is 67.1 Å². The van der Waals surface area contributed by atoms with Crippen LogP contribution in [0.4, 0.5) is 15.9 Å². The Morgan fingerprint density at radius 2 is 1.63 bits per heavy atom. The molecule has 5 aromatic rings. The molecule has 7 heterocycles. The number of ether oxygens (including phenoxy) is 1. The summed E-state index contributed by atoms with van der Waals surface area (Å²) in [5, 5.41) is 14.8. The molecule has 9 rings (SSSR count). The number of aromatic amines is 1. The molecule has 4 amide bonds. The second-order valence-electron chi connectivity index (χ2n) is 17.4. The maximum atomic E-state index is 15.2. The molecule has 0 spiro atoms. The Kier molecular flexibility index (Phi) is 13.2. The second kappa shape index (κ2) is 19.3. The van der Waals surface area contributed by atoms with E-state index in [1.54, 1.807) is 24.5 Å². The van der Waals surface area contributed by atoms with Crippen LogP contribution >= 0.6 is 23.2 Å². The van der Waals surface area contributed by atoms with Crippen LogP contribution in [0, 0.1) is 11.7 Å². The monoisotopic (exact) mass is 924 g/mol. The van der Waals surface area contributed by atoms with Crippen LogP contribution in [0.2, 0.25) is 10.0 Å². The Bertz CT molecular complexity index is 2550. The number of imide groups is 1. The highest BCUT2D eigenvalue weighted by Crippen LogP contribution is 2.36. The number of amides is 4. The van der Waals surface area contributed by atoms with Crippen LogP contribution in [-0.4, -0.2) is 123 Å². The fraction of sp³-hybridized carbons (Fsp3) is 0.426. The molecule has 3 N–H and O–H groups in total. The van der Waals surface area contributed by atoms with Crippen molar-refractivity contribution < 1.29 is 28.3 Å². The molecule has 4 fully saturated rings. The minimum Gasteiger partial charge on any atom is -0.486 e. The topological polar surface area (TPSA) is 169 Å². The first kappa shape index (κ1) is 44.4. The van der Waals surface area contributed by atoms with Gasteiger partial charge in [0.15, 0.2) is 0 Å². The summed E-state index contributed by atoms with van der Waals surface area (Å²) in [7, 11) is 0. The molecule has 340 valence electrons. The van der Waals surface area contributed by atoms with Crippen molar-refractivity contribution in [2.24, 2.45) is 5.92 Å². The van der Waals surface area contributed by atoms with Crippen molar-refractivity contribution in [3.05, 3.63) is 94.1 Å². The Labute approximate surface area is 386 Å². The smallest absolute Gasteiger partial charge is 0.249 e. The van der Waals surface area contributed by atoms with Crippen LogP contribution in [0.1, 0.15) is 68.6 Å². The number of H-pyrrole nitrogens is 1. The van der Waals surface area contributed by atoms with Gasteiger partial charge in [-0.15, -0.1) is 0 Å². The van der Waals surface area contributed by atoms with Crippen molar-refractivity contribution in [1.82, 2.24) is 40.2 Å². The van der Waals surface area contributed by atoms with Crippen molar-refractivity contribution in [3.63, 3.8) is 0 Å². The fourth-order valence-electron chi connectivity index (χ4n) is 9.54. The van der Waals surface area contributed by atoms with Gasteiger partial charge in [-0.25, -0.2) is 9.37 Å². The Morgan fingerprint density at radius 1 is 0.877 bits per heavy atom. The summed E-state index contributed by atoms with van der Waals surface area (Å²) in [6.45, 7) is 7.23. The van der Waals surface area contributed by atoms with Gasteiger partial charge >= 0.3 is 0 Å². The molecule has 0 saturated carbocycles. The van der Waals surface area contributed by atoms with E-state index in [-0.39, 0.29) is 41.8 Å². The van der Waals surface area contributed by atoms with E-state index in [2.05, 4.69) is 35.6 Å². The molecule has 4 saturated heterocycles. The number of aromatic nitrogens is 4. The summed E-state index contributed by atoms with van der Waals surface area (Å²) in [6.07, 6.45) is 7.87. The van der Waals surface area contributed by atoms with Crippen molar-refractivity contribution in [2.75, 3.05) is 69.1 Å². The van der Waals surface area contributed by atoms with Gasteiger partial charge in [-0.1, -0.05) is 29.3 Å². The third kappa shape index (κ3) is 9.89. The van der Waals surface area contributed by atoms with E-state index < -0.39 is 18.1 Å². The first-order chi connectivity index (χ1) is 31.5. The van der Waals surface area contributed by atoms with E-state index in [1.807, 2.05) is 53.3 Å². The first-order valence-corrected chi connectivity index (χ1v) is 23.1. The maximum Gasteiger partial charge on any atom is 0.249 e. The molecule has 15 nitrogen and oxygen atoms in total. The minimum absolute atomic E-state index is 0.0346. The average molecular weight is 926 g/mol. The maximum absolute atomic E-state index is 15.2. The third-order valence-electron chi connectivity index (χ3n) is 13.2. The van der Waals surface area contributed by atoms with Gasteiger partial charge in [0.05, 0.1) is 22.1 Å². The van der Waals surface area contributed by atoms with Crippen LogP contribution in [0.3, 0.4) is 0 Å². The Balaban J connectivity index is 0.706. The lowest BCUT2D eigenvalue weighted by Gasteiger charge is -2.39. The molecule has 1 unspecified atom stereocenters. The lowest BCUT2D eigenvalue weighted by Crippen LogP contribution is -2.52. The van der Waals surface area contributed by atoms with Crippen molar-refractivity contribution in [3.8, 4) is 17.0 Å². The second-order valence-corrected chi connectivity index (χ2v) is 18.2. The summed E-state index contributed by atoms with van der Waals surface area (Å²) in [5.74, 6) is 0.610. The van der Waals surface area contributed by atoms with E-state index in [9.17, 15) is 19.2 Å². The Hall–Kier alpha value is -5.84. The molecule has 0 radical (unpaired) electrons. The highest BCUT2D eigenvalue weighted by atomic mass is 35.5. The number of halogens is 3. The summed E-state index contributed by atoms with van der Waals surface area (Å²) in [6, 6.07) is 14.1. The zero-order valence-corrected chi connectivity index (χ0v) is 37.6. The quantitative estimate of drug-likeness (QED) is 0.122. The van der Waals surface area contributed by atoms with Crippen molar-refractivity contribution in [2.45, 2.75) is 63.5 Å². The van der Waals surface area contributed by atoms with Gasteiger partial charge in [0.1, 0.15) is 35.2 Å². The van der Waals surface area contributed by atoms with E-state index in [1.165, 1.54) is 6.07 Å². The number of piperazine rings is 1. The van der Waals surface area contributed by atoms with Gasteiger partial charge in [-0.2, -0.15) is 5.10 Å². The number of benzene rings is 2. The third-order valence-corrected chi connectivity index (χ3v) is 13.8. The van der Waals surface area contributed by atoms with Crippen LogP contribution in [-0.2, 0) is 19.2 Å². The summed E-state index contributed by atoms with van der Waals surface area (Å²) < 4.78 is 21.5. The number of rotatable bonds is 11. The number of hydrogen-bond donors (Lipinski definition) is 3. The normalized spacial score (nSPS) is 19.6. The number of pyridine rings is 2. The van der Waals surface area contributed by atoms with E-state index >= 15 is 4.39 Å². The fourth-order valence-corrected chi connectivity index (χ4v) is 10.2. The standard InChI is InChI=1S/C47H51Cl2FN10O5/c1-28(44-36(48)25-51-26-37(44)49)65-33-4-6-39-35(23-33)45(56-55-39)31-2-8-41(52-24-31)58-18-20-60(21-19-58)47(64)30-12-16-59(17-13-30)43(62)27-57-14-10-29(11-15-57)34-5-3-32(22-38(34)50)53-40-7-9-42(61)54-46(40)63/h2-6,8,22-26,28-30,40,53H,7,9-21,27H2,1H3,(H,55,56)(H,54,61,63)/t28-,40?/m1/s1. The molecule has 3 aromatic heterocycles. The van der Waals surface area contributed by atoms with Gasteiger partial charge in [0, 0.05) is 92.4 Å². The Morgan fingerprint density at radius 3 is 2.32 bits per heavy atom. The van der Waals surface area contributed by atoms with Gasteiger partial charge < -0.3 is 24.8 Å². The number of likely N-dealkylation sites (tertiary alicyclic amines) is 2. The number of nitrogens with one attached hydrogen (secondary N) is 3. The number of hydrogen-bond acceptors (Lipinski definition) is 11. The van der Waals surface area contributed by atoms with Crippen LogP contribution in [0.25, 0.3) is 22.2 Å². The van der Waals surface area contributed by atoms with Crippen molar-refractivity contribution >= 4 is 69.2 Å². The minimum atomic E-state index is -0.575. The molecule has 0 aliphatic carbocycles. The van der Waals surface area contributed by atoms with Gasteiger partial charge in [-0.05, 0) is 106 Å². The summed E-state index contributed by atoms with van der Waals surface area (Å²) in [5.41, 5.74) is 4.27. The predicted molar refractivity (Wildman–Crippen MR) is 245 cm³/mol. The summed E-state index contributed by atoms with van der Waals surface area (Å²) >= 11 is 12.7.